The Morgan fingerprint density at radius 2 is 1.52 bits per heavy atom. The highest BCUT2D eigenvalue weighted by Gasteiger charge is 2.21. The van der Waals surface area contributed by atoms with Crippen molar-refractivity contribution in [2.45, 2.75) is 13.3 Å². The van der Waals surface area contributed by atoms with Gasteiger partial charge in [0.1, 0.15) is 0 Å². The first-order chi connectivity index (χ1) is 12.0. The van der Waals surface area contributed by atoms with Crippen LogP contribution in [0.4, 0.5) is 11.4 Å². The number of benzene rings is 2. The fourth-order valence-electron chi connectivity index (χ4n) is 3.17. The third kappa shape index (κ3) is 4.32. The average molecular weight is 337 g/mol. The fraction of sp³-hybridized carbons (Fsp3) is 0.381. The second-order valence-corrected chi connectivity index (χ2v) is 6.94. The zero-order valence-electron chi connectivity index (χ0n) is 15.4. The molecule has 1 saturated heterocycles. The summed E-state index contributed by atoms with van der Waals surface area (Å²) in [4.78, 5) is 19.0. The van der Waals surface area contributed by atoms with Gasteiger partial charge in [0.25, 0.3) is 0 Å². The quantitative estimate of drug-likeness (QED) is 0.858. The smallest absolute Gasteiger partial charge is 0.227 e. The van der Waals surface area contributed by atoms with Crippen LogP contribution in [0.5, 0.6) is 0 Å². The molecule has 2 aromatic rings. The van der Waals surface area contributed by atoms with Gasteiger partial charge in [0.15, 0.2) is 0 Å². The maximum Gasteiger partial charge on any atom is 0.227 e. The van der Waals surface area contributed by atoms with Crippen molar-refractivity contribution in [3.63, 3.8) is 0 Å². The van der Waals surface area contributed by atoms with E-state index in [4.69, 9.17) is 0 Å². The molecule has 1 heterocycles. The van der Waals surface area contributed by atoms with Gasteiger partial charge in [-0.1, -0.05) is 29.8 Å². The molecule has 25 heavy (non-hydrogen) atoms. The Labute approximate surface area is 150 Å². The van der Waals surface area contributed by atoms with Crippen molar-refractivity contribution in [1.82, 2.24) is 4.90 Å². The normalized spacial score (nSPS) is 14.5. The molecule has 4 heteroatoms. The molecule has 0 unspecified atom stereocenters. The summed E-state index contributed by atoms with van der Waals surface area (Å²) >= 11 is 0. The minimum absolute atomic E-state index is 0.228. The third-order valence-corrected chi connectivity index (χ3v) is 4.84. The van der Waals surface area contributed by atoms with Gasteiger partial charge in [-0.15, -0.1) is 0 Å². The molecule has 1 aliphatic rings. The Bertz CT molecular complexity index is 699. The maximum absolute atomic E-state index is 12.5. The summed E-state index contributed by atoms with van der Waals surface area (Å²) in [5.74, 6) is 0.228. The van der Waals surface area contributed by atoms with E-state index >= 15 is 0 Å². The highest BCUT2D eigenvalue weighted by atomic mass is 16.2. The standard InChI is InChI=1S/C21H27N3O/c1-17-4-6-18(7-5-17)16-21(25)24-14-12-23(13-15-24)20-10-8-19(9-11-20)22(2)3/h4-11H,12-16H2,1-3H3. The number of amides is 1. The highest BCUT2D eigenvalue weighted by Crippen LogP contribution is 2.21. The van der Waals surface area contributed by atoms with Crippen LogP contribution in [-0.4, -0.2) is 51.1 Å². The van der Waals surface area contributed by atoms with Crippen molar-refractivity contribution in [3.8, 4) is 0 Å². The van der Waals surface area contributed by atoms with Gasteiger partial charge in [0.05, 0.1) is 6.42 Å². The van der Waals surface area contributed by atoms with Crippen LogP contribution in [0.15, 0.2) is 48.5 Å². The number of hydrogen-bond acceptors (Lipinski definition) is 3. The summed E-state index contributed by atoms with van der Waals surface area (Å²) in [5, 5.41) is 0. The number of carbonyl (C=O) groups excluding carboxylic acids is 1. The van der Waals surface area contributed by atoms with E-state index in [2.05, 4.69) is 65.3 Å². The summed E-state index contributed by atoms with van der Waals surface area (Å²) in [7, 11) is 4.10. The van der Waals surface area contributed by atoms with Crippen molar-refractivity contribution >= 4 is 17.3 Å². The van der Waals surface area contributed by atoms with Crippen molar-refractivity contribution in [2.75, 3.05) is 50.1 Å². The molecule has 0 radical (unpaired) electrons. The Balaban J connectivity index is 1.54. The number of hydrogen-bond donors (Lipinski definition) is 0. The van der Waals surface area contributed by atoms with Gasteiger partial charge in [0, 0.05) is 51.6 Å². The summed E-state index contributed by atoms with van der Waals surface area (Å²) < 4.78 is 0. The van der Waals surface area contributed by atoms with E-state index in [-0.39, 0.29) is 5.91 Å². The molecule has 0 saturated carbocycles. The van der Waals surface area contributed by atoms with Gasteiger partial charge >= 0.3 is 0 Å². The maximum atomic E-state index is 12.5. The lowest BCUT2D eigenvalue weighted by Gasteiger charge is -2.36. The Morgan fingerprint density at radius 3 is 2.08 bits per heavy atom. The second-order valence-electron chi connectivity index (χ2n) is 6.94. The summed E-state index contributed by atoms with van der Waals surface area (Å²) in [6.45, 7) is 5.43. The van der Waals surface area contributed by atoms with Gasteiger partial charge in [-0.25, -0.2) is 0 Å². The SMILES string of the molecule is Cc1ccc(CC(=O)N2CCN(c3ccc(N(C)C)cc3)CC2)cc1. The van der Waals surface area contributed by atoms with Crippen LogP contribution in [0.3, 0.4) is 0 Å². The molecule has 0 bridgehead atoms. The molecule has 0 N–H and O–H groups in total. The zero-order valence-corrected chi connectivity index (χ0v) is 15.4. The average Bonchev–Trinajstić information content (AvgIpc) is 2.64. The minimum Gasteiger partial charge on any atom is -0.378 e. The highest BCUT2D eigenvalue weighted by molar-refractivity contribution is 5.79. The Kier molecular flexibility index (Phi) is 5.27. The molecule has 1 amide bonds. The van der Waals surface area contributed by atoms with Crippen LogP contribution >= 0.6 is 0 Å². The number of rotatable bonds is 4. The van der Waals surface area contributed by atoms with E-state index in [1.807, 2.05) is 19.0 Å². The number of piperazine rings is 1. The van der Waals surface area contributed by atoms with Crippen LogP contribution < -0.4 is 9.80 Å². The third-order valence-electron chi connectivity index (χ3n) is 4.84. The van der Waals surface area contributed by atoms with E-state index < -0.39 is 0 Å². The van der Waals surface area contributed by atoms with E-state index in [1.54, 1.807) is 0 Å². The fourth-order valence-corrected chi connectivity index (χ4v) is 3.17. The lowest BCUT2D eigenvalue weighted by molar-refractivity contribution is -0.130. The molecule has 132 valence electrons. The van der Waals surface area contributed by atoms with E-state index in [1.165, 1.54) is 16.9 Å². The molecule has 4 nitrogen and oxygen atoms in total. The predicted molar refractivity (Wildman–Crippen MR) is 104 cm³/mol. The summed E-state index contributed by atoms with van der Waals surface area (Å²) in [6.07, 6.45) is 0.498. The summed E-state index contributed by atoms with van der Waals surface area (Å²) in [6, 6.07) is 16.9. The van der Waals surface area contributed by atoms with Crippen molar-refractivity contribution in [3.05, 3.63) is 59.7 Å². The number of nitrogens with zero attached hydrogens (tertiary/aromatic N) is 3. The Hall–Kier alpha value is -2.49. The lowest BCUT2D eigenvalue weighted by atomic mass is 10.1. The van der Waals surface area contributed by atoms with E-state index in [0.717, 1.165) is 31.7 Å². The Morgan fingerprint density at radius 1 is 0.920 bits per heavy atom. The molecule has 0 aromatic heterocycles. The van der Waals surface area contributed by atoms with Gasteiger partial charge in [-0.05, 0) is 36.8 Å². The number of carbonyl (C=O) groups is 1. The molecular weight excluding hydrogens is 310 g/mol. The van der Waals surface area contributed by atoms with Crippen molar-refractivity contribution in [2.24, 2.45) is 0 Å². The largest absolute Gasteiger partial charge is 0.378 e. The molecule has 0 atom stereocenters. The topological polar surface area (TPSA) is 26.8 Å². The molecular formula is C21H27N3O. The lowest BCUT2D eigenvalue weighted by Crippen LogP contribution is -2.49. The molecule has 3 rings (SSSR count). The molecule has 0 aliphatic carbocycles. The number of anilines is 2. The van der Waals surface area contributed by atoms with Crippen LogP contribution in [-0.2, 0) is 11.2 Å². The van der Waals surface area contributed by atoms with E-state index in [9.17, 15) is 4.79 Å². The van der Waals surface area contributed by atoms with Crippen LogP contribution in [0, 0.1) is 6.92 Å². The van der Waals surface area contributed by atoms with E-state index in [0.29, 0.717) is 6.42 Å². The van der Waals surface area contributed by atoms with Crippen molar-refractivity contribution in [1.29, 1.82) is 0 Å². The first-order valence-corrected chi connectivity index (χ1v) is 8.88. The van der Waals surface area contributed by atoms with Gasteiger partial charge in [-0.3, -0.25) is 4.79 Å². The monoisotopic (exact) mass is 337 g/mol. The van der Waals surface area contributed by atoms with Gasteiger partial charge in [0.2, 0.25) is 5.91 Å². The van der Waals surface area contributed by atoms with Gasteiger partial charge in [-0.2, -0.15) is 0 Å². The predicted octanol–water partition coefficient (Wildman–Crippen LogP) is 2.95. The zero-order chi connectivity index (χ0) is 17.8. The second kappa shape index (κ2) is 7.60. The molecule has 2 aromatic carbocycles. The van der Waals surface area contributed by atoms with Crippen LogP contribution in [0.25, 0.3) is 0 Å². The van der Waals surface area contributed by atoms with Crippen molar-refractivity contribution < 1.29 is 4.79 Å². The first-order valence-electron chi connectivity index (χ1n) is 8.88. The molecule has 0 spiro atoms. The minimum atomic E-state index is 0.228. The molecule has 1 fully saturated rings. The van der Waals surface area contributed by atoms with Gasteiger partial charge < -0.3 is 14.7 Å². The van der Waals surface area contributed by atoms with Crippen LogP contribution in [0.2, 0.25) is 0 Å². The number of aryl methyl sites for hydroxylation is 1. The first kappa shape index (κ1) is 17.3. The summed E-state index contributed by atoms with van der Waals surface area (Å²) in [5.41, 5.74) is 4.76. The van der Waals surface area contributed by atoms with Crippen LogP contribution in [0.1, 0.15) is 11.1 Å². The molecule has 1 aliphatic heterocycles.